The topological polar surface area (TPSA) is 102 Å². The van der Waals surface area contributed by atoms with Crippen LogP contribution in [0.15, 0.2) is 41.5 Å². The van der Waals surface area contributed by atoms with E-state index in [-0.39, 0.29) is 11.0 Å². The number of nitrogens with zero attached hydrogens (tertiary/aromatic N) is 1. The monoisotopic (exact) mass is 328 g/mol. The molecule has 0 aliphatic carbocycles. The van der Waals surface area contributed by atoms with Gasteiger partial charge in [-0.25, -0.2) is 5.43 Å². The van der Waals surface area contributed by atoms with Gasteiger partial charge in [-0.15, -0.1) is 0 Å². The molecule has 1 amide bonds. The van der Waals surface area contributed by atoms with Crippen LogP contribution in [0.25, 0.3) is 0 Å². The normalized spacial score (nSPS) is 11.6. The molecule has 126 valence electrons. The van der Waals surface area contributed by atoms with Crippen LogP contribution in [0.1, 0.15) is 42.3 Å². The Morgan fingerprint density at radius 1 is 1.04 bits per heavy atom. The predicted octanol–water partition coefficient (Wildman–Crippen LogP) is 2.86. The van der Waals surface area contributed by atoms with Crippen molar-refractivity contribution >= 4 is 12.1 Å². The van der Waals surface area contributed by atoms with E-state index in [9.17, 15) is 20.1 Å². The van der Waals surface area contributed by atoms with Crippen LogP contribution in [0, 0.1) is 0 Å². The van der Waals surface area contributed by atoms with Gasteiger partial charge in [-0.2, -0.15) is 5.10 Å². The molecule has 0 heterocycles. The van der Waals surface area contributed by atoms with Crippen LogP contribution in [0.3, 0.4) is 0 Å². The number of carbonyl (C=O) groups is 1. The fourth-order valence-electron chi connectivity index (χ4n) is 2.03. The molecule has 0 aliphatic rings. The smallest absolute Gasteiger partial charge is 0.271 e. The Kier molecular flexibility index (Phi) is 4.78. The zero-order valence-electron chi connectivity index (χ0n) is 13.7. The molecule has 0 aliphatic heterocycles. The first-order chi connectivity index (χ1) is 11.2. The minimum Gasteiger partial charge on any atom is -0.504 e. The van der Waals surface area contributed by atoms with Gasteiger partial charge in [-0.3, -0.25) is 4.79 Å². The van der Waals surface area contributed by atoms with Crippen molar-refractivity contribution in [2.45, 2.75) is 26.2 Å². The molecular weight excluding hydrogens is 308 g/mol. The number of benzene rings is 2. The third kappa shape index (κ3) is 4.04. The van der Waals surface area contributed by atoms with E-state index in [1.54, 1.807) is 0 Å². The number of hydrogen-bond acceptors (Lipinski definition) is 5. The number of phenols is 3. The maximum absolute atomic E-state index is 11.9. The van der Waals surface area contributed by atoms with Crippen LogP contribution in [0.5, 0.6) is 17.2 Å². The van der Waals surface area contributed by atoms with E-state index in [4.69, 9.17) is 0 Å². The summed E-state index contributed by atoms with van der Waals surface area (Å²) < 4.78 is 0. The molecule has 2 aromatic carbocycles. The van der Waals surface area contributed by atoms with E-state index in [1.807, 2.05) is 24.3 Å². The second-order valence-corrected chi connectivity index (χ2v) is 6.43. The van der Waals surface area contributed by atoms with Crippen LogP contribution in [0.4, 0.5) is 0 Å². The molecule has 0 spiro atoms. The van der Waals surface area contributed by atoms with Gasteiger partial charge in [0.05, 0.1) is 6.21 Å². The van der Waals surface area contributed by atoms with E-state index in [1.165, 1.54) is 11.8 Å². The van der Waals surface area contributed by atoms with Crippen LogP contribution in [-0.2, 0) is 5.41 Å². The highest BCUT2D eigenvalue weighted by Gasteiger charge is 2.13. The summed E-state index contributed by atoms with van der Waals surface area (Å²) in [6.07, 6.45) is 1.49. The number of aromatic hydroxyl groups is 3. The lowest BCUT2D eigenvalue weighted by Gasteiger charge is -2.18. The molecule has 0 saturated carbocycles. The Morgan fingerprint density at radius 3 is 2.08 bits per heavy atom. The fourth-order valence-corrected chi connectivity index (χ4v) is 2.03. The molecule has 4 N–H and O–H groups in total. The van der Waals surface area contributed by atoms with Crippen molar-refractivity contribution in [3.05, 3.63) is 53.1 Å². The molecule has 0 unspecified atom stereocenters. The number of nitrogens with one attached hydrogen (secondary N) is 1. The van der Waals surface area contributed by atoms with Crippen LogP contribution in [0.2, 0.25) is 0 Å². The highest BCUT2D eigenvalue weighted by atomic mass is 16.3. The third-order valence-electron chi connectivity index (χ3n) is 3.49. The molecule has 0 atom stereocenters. The maximum Gasteiger partial charge on any atom is 0.271 e. The summed E-state index contributed by atoms with van der Waals surface area (Å²) >= 11 is 0. The zero-order valence-corrected chi connectivity index (χ0v) is 13.7. The largest absolute Gasteiger partial charge is 0.504 e. The van der Waals surface area contributed by atoms with Crippen molar-refractivity contribution in [1.29, 1.82) is 0 Å². The van der Waals surface area contributed by atoms with Gasteiger partial charge >= 0.3 is 0 Å². The number of hydrazone groups is 1. The van der Waals surface area contributed by atoms with Crippen molar-refractivity contribution in [2.75, 3.05) is 0 Å². The van der Waals surface area contributed by atoms with Crippen molar-refractivity contribution in [3.63, 3.8) is 0 Å². The highest BCUT2D eigenvalue weighted by Crippen LogP contribution is 2.35. The third-order valence-corrected chi connectivity index (χ3v) is 3.49. The first-order valence-electron chi connectivity index (χ1n) is 7.37. The van der Waals surface area contributed by atoms with Crippen molar-refractivity contribution < 1.29 is 20.1 Å². The maximum atomic E-state index is 11.9. The lowest BCUT2D eigenvalue weighted by molar-refractivity contribution is 0.0954. The number of rotatable bonds is 3. The minimum absolute atomic E-state index is 0.0250. The van der Waals surface area contributed by atoms with Crippen molar-refractivity contribution in [3.8, 4) is 17.2 Å². The molecule has 2 aromatic rings. The number of carbonyl (C=O) groups excluding carboxylic acids is 1. The van der Waals surface area contributed by atoms with Gasteiger partial charge in [-0.05, 0) is 28.7 Å². The van der Waals surface area contributed by atoms with Gasteiger partial charge in [0.25, 0.3) is 5.91 Å². The number of phenolic OH excluding ortho intramolecular Hbond substituents is 3. The van der Waals surface area contributed by atoms with Gasteiger partial charge < -0.3 is 15.3 Å². The molecule has 0 radical (unpaired) electrons. The zero-order chi connectivity index (χ0) is 17.9. The summed E-state index contributed by atoms with van der Waals surface area (Å²) in [5, 5.41) is 31.9. The van der Waals surface area contributed by atoms with E-state index in [0.717, 1.165) is 17.7 Å². The lowest BCUT2D eigenvalue weighted by atomic mass is 9.87. The van der Waals surface area contributed by atoms with Crippen LogP contribution >= 0.6 is 0 Å². The standard InChI is InChI=1S/C18H20N2O4/c1-18(2,3)13-6-4-11(5-7-13)10-19-20-17(24)12-8-14(21)16(23)15(22)9-12/h4-10,21-23H,1-3H3,(H,20,24)/b19-10-. The average molecular weight is 328 g/mol. The Bertz CT molecular complexity index is 752. The number of hydrogen-bond donors (Lipinski definition) is 4. The second-order valence-electron chi connectivity index (χ2n) is 6.43. The summed E-state index contributed by atoms with van der Waals surface area (Å²) in [4.78, 5) is 11.9. The van der Waals surface area contributed by atoms with E-state index in [0.29, 0.717) is 0 Å². The highest BCUT2D eigenvalue weighted by molar-refractivity contribution is 5.96. The Balaban J connectivity index is 2.05. The summed E-state index contributed by atoms with van der Waals surface area (Å²) in [6.45, 7) is 6.37. The van der Waals surface area contributed by atoms with E-state index < -0.39 is 23.2 Å². The summed E-state index contributed by atoms with van der Waals surface area (Å²) in [7, 11) is 0. The van der Waals surface area contributed by atoms with Crippen LogP contribution < -0.4 is 5.43 Å². The Morgan fingerprint density at radius 2 is 1.58 bits per heavy atom. The van der Waals surface area contributed by atoms with Gasteiger partial charge in [0, 0.05) is 5.56 Å². The minimum atomic E-state index is -0.672. The summed E-state index contributed by atoms with van der Waals surface area (Å²) in [5.41, 5.74) is 4.34. The molecule has 2 rings (SSSR count). The van der Waals surface area contributed by atoms with Gasteiger partial charge in [-0.1, -0.05) is 45.0 Å². The molecule has 6 heteroatoms. The van der Waals surface area contributed by atoms with E-state index in [2.05, 4.69) is 31.3 Å². The van der Waals surface area contributed by atoms with Gasteiger partial charge in [0.1, 0.15) is 0 Å². The fraction of sp³-hybridized carbons (Fsp3) is 0.222. The molecule has 24 heavy (non-hydrogen) atoms. The summed E-state index contributed by atoms with van der Waals surface area (Å²) in [5.74, 6) is -2.46. The van der Waals surface area contributed by atoms with Crippen LogP contribution in [-0.4, -0.2) is 27.4 Å². The first-order valence-corrected chi connectivity index (χ1v) is 7.37. The molecular formula is C18H20N2O4. The Labute approximate surface area is 140 Å². The summed E-state index contributed by atoms with van der Waals surface area (Å²) in [6, 6.07) is 9.87. The average Bonchev–Trinajstić information content (AvgIpc) is 2.51. The molecule has 0 aromatic heterocycles. The van der Waals surface area contributed by atoms with Gasteiger partial charge in [0.15, 0.2) is 17.2 Å². The Hall–Kier alpha value is -3.02. The molecule has 0 bridgehead atoms. The molecule has 6 nitrogen and oxygen atoms in total. The second kappa shape index (κ2) is 6.62. The predicted molar refractivity (Wildman–Crippen MR) is 91.6 cm³/mol. The lowest BCUT2D eigenvalue weighted by Crippen LogP contribution is -2.17. The van der Waals surface area contributed by atoms with E-state index >= 15 is 0 Å². The van der Waals surface area contributed by atoms with Gasteiger partial charge in [0.2, 0.25) is 0 Å². The molecule has 0 saturated heterocycles. The number of amides is 1. The van der Waals surface area contributed by atoms with Crippen molar-refractivity contribution in [1.82, 2.24) is 5.43 Å². The SMILES string of the molecule is CC(C)(C)c1ccc(/C=N\NC(=O)c2cc(O)c(O)c(O)c2)cc1. The first kappa shape index (κ1) is 17.3. The molecule has 0 fully saturated rings. The van der Waals surface area contributed by atoms with Crippen molar-refractivity contribution in [2.24, 2.45) is 5.10 Å². The quantitative estimate of drug-likeness (QED) is 0.395.